The van der Waals surface area contributed by atoms with Crippen molar-refractivity contribution >= 4 is 23.3 Å². The summed E-state index contributed by atoms with van der Waals surface area (Å²) < 4.78 is 4.53. The molecule has 0 aliphatic rings. The van der Waals surface area contributed by atoms with Gasteiger partial charge < -0.3 is 10.1 Å². The average molecular weight is 325 g/mol. The number of ether oxygens (including phenoxy) is 1. The summed E-state index contributed by atoms with van der Waals surface area (Å²) in [4.78, 5) is 34.1. The molecule has 24 heavy (non-hydrogen) atoms. The Kier molecular flexibility index (Phi) is 4.87. The maximum Gasteiger partial charge on any atom is 0.338 e. The monoisotopic (exact) mass is 325 g/mol. The van der Waals surface area contributed by atoms with Gasteiger partial charge in [0.2, 0.25) is 0 Å². The van der Waals surface area contributed by atoms with Crippen LogP contribution in [0, 0.1) is 21.4 Å². The normalized spacial score (nSPS) is 9.67. The third-order valence-electron chi connectivity index (χ3n) is 3.08. The number of amides is 1. The quantitative estimate of drug-likeness (QED) is 0.523. The fourth-order valence-corrected chi connectivity index (χ4v) is 1.91. The van der Waals surface area contributed by atoms with E-state index in [-0.39, 0.29) is 11.1 Å². The number of nitriles is 1. The predicted molar refractivity (Wildman–Crippen MR) is 83.5 cm³/mol. The highest BCUT2D eigenvalue weighted by atomic mass is 16.6. The first-order chi connectivity index (χ1) is 11.4. The molecule has 0 saturated carbocycles. The minimum atomic E-state index is -0.786. The summed E-state index contributed by atoms with van der Waals surface area (Å²) in [6, 6.07) is 11.3. The van der Waals surface area contributed by atoms with Crippen LogP contribution in [0.1, 0.15) is 26.3 Å². The van der Waals surface area contributed by atoms with Crippen molar-refractivity contribution in [1.29, 1.82) is 5.26 Å². The Morgan fingerprint density at radius 2 is 1.79 bits per heavy atom. The smallest absolute Gasteiger partial charge is 0.338 e. The molecule has 8 heteroatoms. The van der Waals surface area contributed by atoms with E-state index in [9.17, 15) is 19.7 Å². The predicted octanol–water partition coefficient (Wildman–Crippen LogP) is 2.51. The van der Waals surface area contributed by atoms with E-state index in [1.54, 1.807) is 0 Å². The lowest BCUT2D eigenvalue weighted by molar-refractivity contribution is -0.384. The number of carbonyl (C=O) groups is 2. The van der Waals surface area contributed by atoms with Crippen LogP contribution in [0.15, 0.2) is 42.5 Å². The van der Waals surface area contributed by atoms with E-state index >= 15 is 0 Å². The zero-order valence-electron chi connectivity index (χ0n) is 12.5. The Bertz CT molecular complexity index is 853. The van der Waals surface area contributed by atoms with Crippen LogP contribution in [-0.4, -0.2) is 23.9 Å². The Balaban J connectivity index is 2.33. The minimum Gasteiger partial charge on any atom is -0.465 e. The second-order valence-corrected chi connectivity index (χ2v) is 4.66. The maximum absolute atomic E-state index is 12.3. The van der Waals surface area contributed by atoms with E-state index < -0.39 is 22.5 Å². The highest BCUT2D eigenvalue weighted by molar-refractivity contribution is 6.06. The topological polar surface area (TPSA) is 122 Å². The van der Waals surface area contributed by atoms with Crippen molar-refractivity contribution in [3.8, 4) is 6.07 Å². The molecule has 0 bridgehead atoms. The Morgan fingerprint density at radius 1 is 1.17 bits per heavy atom. The van der Waals surface area contributed by atoms with Gasteiger partial charge in [0.05, 0.1) is 29.2 Å². The average Bonchev–Trinajstić information content (AvgIpc) is 2.61. The molecule has 8 nitrogen and oxygen atoms in total. The second-order valence-electron chi connectivity index (χ2n) is 4.66. The van der Waals surface area contributed by atoms with Gasteiger partial charge in [-0.15, -0.1) is 0 Å². The number of hydrogen-bond acceptors (Lipinski definition) is 6. The third-order valence-corrected chi connectivity index (χ3v) is 3.08. The molecule has 2 aromatic rings. The number of nitro benzene ring substituents is 1. The molecule has 2 aromatic carbocycles. The summed E-state index contributed by atoms with van der Waals surface area (Å²) in [6.45, 7) is 0. The summed E-state index contributed by atoms with van der Waals surface area (Å²) in [5, 5.41) is 22.2. The van der Waals surface area contributed by atoms with Gasteiger partial charge >= 0.3 is 5.97 Å². The second kappa shape index (κ2) is 7.02. The molecule has 120 valence electrons. The first-order valence-electron chi connectivity index (χ1n) is 6.64. The number of rotatable bonds is 4. The van der Waals surface area contributed by atoms with Crippen LogP contribution < -0.4 is 5.32 Å². The van der Waals surface area contributed by atoms with Crippen LogP contribution in [-0.2, 0) is 4.74 Å². The van der Waals surface area contributed by atoms with Gasteiger partial charge in [-0.25, -0.2) is 4.79 Å². The van der Waals surface area contributed by atoms with E-state index in [0.717, 1.165) is 19.2 Å². The summed E-state index contributed by atoms with van der Waals surface area (Å²) >= 11 is 0. The summed E-state index contributed by atoms with van der Waals surface area (Å²) in [5.74, 6) is -1.42. The number of non-ortho nitro benzene ring substituents is 1. The molecule has 0 aliphatic carbocycles. The van der Waals surface area contributed by atoms with Gasteiger partial charge in [-0.2, -0.15) is 5.26 Å². The van der Waals surface area contributed by atoms with Crippen molar-refractivity contribution in [3.05, 3.63) is 69.3 Å². The van der Waals surface area contributed by atoms with Crippen LogP contribution in [0.3, 0.4) is 0 Å². The van der Waals surface area contributed by atoms with Crippen molar-refractivity contribution in [1.82, 2.24) is 0 Å². The van der Waals surface area contributed by atoms with Crippen molar-refractivity contribution < 1.29 is 19.2 Å². The molecule has 0 radical (unpaired) electrons. The molecule has 0 atom stereocenters. The third kappa shape index (κ3) is 3.72. The van der Waals surface area contributed by atoms with Gasteiger partial charge in [0, 0.05) is 23.4 Å². The van der Waals surface area contributed by atoms with Crippen molar-refractivity contribution in [2.75, 3.05) is 12.4 Å². The van der Waals surface area contributed by atoms with Gasteiger partial charge in [-0.1, -0.05) is 0 Å². The van der Waals surface area contributed by atoms with Gasteiger partial charge in [-0.3, -0.25) is 14.9 Å². The van der Waals surface area contributed by atoms with Crippen molar-refractivity contribution in [3.63, 3.8) is 0 Å². The molecule has 0 fully saturated rings. The largest absolute Gasteiger partial charge is 0.465 e. The number of anilines is 1. The number of hydrogen-bond donors (Lipinski definition) is 1. The van der Waals surface area contributed by atoms with Crippen LogP contribution >= 0.6 is 0 Å². The summed E-state index contributed by atoms with van der Waals surface area (Å²) in [6.07, 6.45) is 0. The first kappa shape index (κ1) is 16.6. The molecule has 0 unspecified atom stereocenters. The molecule has 0 spiro atoms. The number of nitrogens with one attached hydrogen (secondary N) is 1. The van der Waals surface area contributed by atoms with E-state index in [1.807, 2.05) is 6.07 Å². The molecule has 0 aliphatic heterocycles. The van der Waals surface area contributed by atoms with Crippen LogP contribution in [0.4, 0.5) is 11.4 Å². The van der Waals surface area contributed by atoms with Gasteiger partial charge in [0.15, 0.2) is 0 Å². The molecule has 0 heterocycles. The summed E-state index contributed by atoms with van der Waals surface area (Å²) in [5.41, 5.74) is 0.273. The lowest BCUT2D eigenvalue weighted by atomic mass is 10.1. The fourth-order valence-electron chi connectivity index (χ4n) is 1.91. The Morgan fingerprint density at radius 3 is 2.33 bits per heavy atom. The molecule has 2 rings (SSSR count). The molecule has 0 saturated heterocycles. The standard InChI is InChI=1S/C16H11N3O5/c1-24-16(21)12-6-11(7-14(8-12)19(22)23)15(20)18-13-4-2-10(9-17)3-5-13/h2-8H,1H3,(H,18,20). The molecular weight excluding hydrogens is 314 g/mol. The van der Waals surface area contributed by atoms with Crippen LogP contribution in [0.5, 0.6) is 0 Å². The van der Waals surface area contributed by atoms with E-state index in [2.05, 4.69) is 10.1 Å². The lowest BCUT2D eigenvalue weighted by Gasteiger charge is -2.07. The number of nitrogens with zero attached hydrogens (tertiary/aromatic N) is 2. The highest BCUT2D eigenvalue weighted by Crippen LogP contribution is 2.19. The van der Waals surface area contributed by atoms with Crippen LogP contribution in [0.25, 0.3) is 0 Å². The van der Waals surface area contributed by atoms with Crippen LogP contribution in [0.2, 0.25) is 0 Å². The van der Waals surface area contributed by atoms with E-state index in [4.69, 9.17) is 5.26 Å². The molecule has 1 N–H and O–H groups in total. The Hall–Kier alpha value is -3.73. The zero-order valence-corrected chi connectivity index (χ0v) is 12.5. The maximum atomic E-state index is 12.3. The van der Waals surface area contributed by atoms with E-state index in [1.165, 1.54) is 30.3 Å². The number of esters is 1. The van der Waals surface area contributed by atoms with Gasteiger partial charge in [0.1, 0.15) is 0 Å². The fraction of sp³-hybridized carbons (Fsp3) is 0.0625. The molecular formula is C16H11N3O5. The number of nitro groups is 1. The molecule has 0 aromatic heterocycles. The van der Waals surface area contributed by atoms with Crippen molar-refractivity contribution in [2.24, 2.45) is 0 Å². The van der Waals surface area contributed by atoms with Gasteiger partial charge in [0.25, 0.3) is 11.6 Å². The number of benzene rings is 2. The molecule has 1 amide bonds. The Labute approximate surface area is 136 Å². The number of carbonyl (C=O) groups excluding carboxylic acids is 2. The first-order valence-corrected chi connectivity index (χ1v) is 6.64. The van der Waals surface area contributed by atoms with E-state index in [0.29, 0.717) is 11.3 Å². The highest BCUT2D eigenvalue weighted by Gasteiger charge is 2.18. The SMILES string of the molecule is COC(=O)c1cc(C(=O)Nc2ccc(C#N)cc2)cc([N+](=O)[O-])c1. The minimum absolute atomic E-state index is 0.0611. The van der Waals surface area contributed by atoms with Gasteiger partial charge in [-0.05, 0) is 30.3 Å². The van der Waals surface area contributed by atoms with Crippen molar-refractivity contribution in [2.45, 2.75) is 0 Å². The lowest BCUT2D eigenvalue weighted by Crippen LogP contribution is -2.14. The summed E-state index contributed by atoms with van der Waals surface area (Å²) in [7, 11) is 1.14. The zero-order chi connectivity index (χ0) is 17.7. The number of methoxy groups -OCH3 is 1.